The zero-order valence-corrected chi connectivity index (χ0v) is 16.6. The Labute approximate surface area is 162 Å². The summed E-state index contributed by atoms with van der Waals surface area (Å²) < 4.78 is 2.10. The van der Waals surface area contributed by atoms with Crippen LogP contribution in [0.4, 0.5) is 0 Å². The lowest BCUT2D eigenvalue weighted by atomic mass is 10.2. The Morgan fingerprint density at radius 2 is 1.96 bits per heavy atom. The average Bonchev–Trinajstić information content (AvgIpc) is 3.20. The fourth-order valence-electron chi connectivity index (χ4n) is 2.88. The van der Waals surface area contributed by atoms with Crippen molar-refractivity contribution in [2.45, 2.75) is 39.3 Å². The second-order valence-corrected chi connectivity index (χ2v) is 7.32. The van der Waals surface area contributed by atoms with Crippen LogP contribution < -0.4 is 5.11 Å². The minimum Gasteiger partial charge on any atom is -0.544 e. The van der Waals surface area contributed by atoms with Crippen molar-refractivity contribution in [3.8, 4) is 5.69 Å². The minimum absolute atomic E-state index is 0.0702. The van der Waals surface area contributed by atoms with Crippen molar-refractivity contribution in [2.75, 3.05) is 0 Å². The van der Waals surface area contributed by atoms with Gasteiger partial charge in [0.15, 0.2) is 0 Å². The molecule has 140 valence electrons. The van der Waals surface area contributed by atoms with E-state index in [2.05, 4.69) is 44.0 Å². The van der Waals surface area contributed by atoms with Gasteiger partial charge in [-0.2, -0.15) is 0 Å². The molecule has 0 aliphatic heterocycles. The van der Waals surface area contributed by atoms with Gasteiger partial charge >= 0.3 is 0 Å². The maximum atomic E-state index is 11.6. The molecule has 1 aromatic carbocycles. The molecular formula is C20H21N4O2S-. The van der Waals surface area contributed by atoms with Gasteiger partial charge in [0.25, 0.3) is 0 Å². The van der Waals surface area contributed by atoms with Crippen molar-refractivity contribution in [2.24, 2.45) is 0 Å². The van der Waals surface area contributed by atoms with Crippen LogP contribution in [0.3, 0.4) is 0 Å². The molecule has 0 aliphatic rings. The highest BCUT2D eigenvalue weighted by atomic mass is 32.2. The zero-order chi connectivity index (χ0) is 19.6. The third-order valence-electron chi connectivity index (χ3n) is 4.30. The maximum Gasteiger partial charge on any atom is 0.213 e. The smallest absolute Gasteiger partial charge is 0.213 e. The number of aryl methyl sites for hydroxylation is 3. The normalized spacial score (nSPS) is 11.8. The van der Waals surface area contributed by atoms with Gasteiger partial charge in [-0.1, -0.05) is 24.6 Å². The number of thioether (sulfide) groups is 1. The molecule has 3 aromatic rings. The largest absolute Gasteiger partial charge is 0.544 e. The molecule has 3 rings (SSSR count). The number of carboxylic acids is 1. The summed E-state index contributed by atoms with van der Waals surface area (Å²) in [5.41, 5.74) is 5.04. The first-order chi connectivity index (χ1) is 12.9. The quantitative estimate of drug-likeness (QED) is 0.524. The van der Waals surface area contributed by atoms with Crippen LogP contribution in [-0.2, 0) is 11.2 Å². The van der Waals surface area contributed by atoms with E-state index in [1.54, 1.807) is 6.08 Å². The molecule has 1 N–H and O–H groups in total. The number of nitrogens with one attached hydrogen (secondary N) is 1. The molecule has 7 heteroatoms. The molecule has 2 heterocycles. The van der Waals surface area contributed by atoms with Crippen molar-refractivity contribution in [1.82, 2.24) is 19.7 Å². The van der Waals surface area contributed by atoms with E-state index < -0.39 is 5.97 Å². The van der Waals surface area contributed by atoms with Gasteiger partial charge in [0.1, 0.15) is 5.82 Å². The number of carbonyl (C=O) groups is 1. The van der Waals surface area contributed by atoms with Crippen molar-refractivity contribution in [1.29, 1.82) is 0 Å². The fraction of sp³-hybridized carbons (Fsp3) is 0.250. The number of hydrogen-bond acceptors (Lipinski definition) is 5. The number of aromatic amines is 1. The molecule has 0 spiro atoms. The highest BCUT2D eigenvalue weighted by molar-refractivity contribution is 8.04. The molecule has 0 atom stereocenters. The van der Waals surface area contributed by atoms with E-state index in [4.69, 9.17) is 0 Å². The number of aliphatic carboxylic acids is 1. The Morgan fingerprint density at radius 3 is 2.56 bits per heavy atom. The van der Waals surface area contributed by atoms with Crippen LogP contribution in [0, 0.1) is 20.8 Å². The minimum atomic E-state index is -1.25. The molecule has 0 unspecified atom stereocenters. The highest BCUT2D eigenvalue weighted by Crippen LogP contribution is 2.28. The molecule has 0 radical (unpaired) electrons. The van der Waals surface area contributed by atoms with Gasteiger partial charge in [0.05, 0.1) is 5.97 Å². The van der Waals surface area contributed by atoms with Gasteiger partial charge in [0.2, 0.25) is 5.16 Å². The first-order valence-corrected chi connectivity index (χ1v) is 9.48. The predicted molar refractivity (Wildman–Crippen MR) is 105 cm³/mol. The molecule has 0 bridgehead atoms. The molecule has 6 nitrogen and oxygen atoms in total. The van der Waals surface area contributed by atoms with Crippen LogP contribution in [0.1, 0.15) is 35.3 Å². The Bertz CT molecular complexity index is 1000. The second kappa shape index (κ2) is 7.84. The predicted octanol–water partition coefficient (Wildman–Crippen LogP) is 2.97. The number of nitrogens with zero attached hydrogens (tertiary/aromatic N) is 3. The van der Waals surface area contributed by atoms with Gasteiger partial charge in [-0.25, -0.2) is 4.98 Å². The number of benzene rings is 1. The molecule has 0 fully saturated rings. The van der Waals surface area contributed by atoms with E-state index in [1.807, 2.05) is 33.8 Å². The van der Waals surface area contributed by atoms with Crippen molar-refractivity contribution < 1.29 is 9.90 Å². The number of H-pyrrole nitrogens is 1. The molecule has 0 saturated carbocycles. The van der Waals surface area contributed by atoms with E-state index in [9.17, 15) is 9.90 Å². The Balaban J connectivity index is 1.97. The molecular weight excluding hydrogens is 360 g/mol. The fourth-order valence-corrected chi connectivity index (χ4v) is 3.59. The number of rotatable bonds is 6. The third kappa shape index (κ3) is 4.14. The molecule has 0 amide bonds. The van der Waals surface area contributed by atoms with E-state index >= 15 is 0 Å². The standard InChI is InChI=1S/C20H22N4O2S/c1-5-18-21-20(23-22-18)27-17(19(25)26)11-15-10-13(3)24(14(15)4)16-8-6-12(2)7-9-16/h6-11H,5H2,1-4H3,(H,25,26)(H,21,22,23)/p-1/b17-11-. The van der Waals surface area contributed by atoms with Gasteiger partial charge in [-0.15, -0.1) is 5.10 Å². The average molecular weight is 381 g/mol. The first kappa shape index (κ1) is 19.0. The first-order valence-electron chi connectivity index (χ1n) is 8.67. The molecule has 2 aromatic heterocycles. The number of carboxylic acid groups (broad SMARTS) is 1. The van der Waals surface area contributed by atoms with E-state index in [-0.39, 0.29) is 4.91 Å². The Kier molecular flexibility index (Phi) is 5.51. The van der Waals surface area contributed by atoms with E-state index in [0.717, 1.165) is 34.4 Å². The lowest BCUT2D eigenvalue weighted by molar-refractivity contribution is -0.297. The zero-order valence-electron chi connectivity index (χ0n) is 15.7. The third-order valence-corrected chi connectivity index (χ3v) is 5.17. The summed E-state index contributed by atoms with van der Waals surface area (Å²) in [6.45, 7) is 7.96. The lowest BCUT2D eigenvalue weighted by Crippen LogP contribution is -2.23. The van der Waals surface area contributed by atoms with Gasteiger partial charge < -0.3 is 14.5 Å². The summed E-state index contributed by atoms with van der Waals surface area (Å²) in [6.07, 6.45) is 2.32. The molecule has 0 saturated heterocycles. The SMILES string of the molecule is CCc1nc(S/C(=C\c2cc(C)n(-c3ccc(C)cc3)c2C)C(=O)[O-])n[nH]1. The van der Waals surface area contributed by atoms with Crippen LogP contribution in [0.15, 0.2) is 40.4 Å². The van der Waals surface area contributed by atoms with Crippen LogP contribution in [0.2, 0.25) is 0 Å². The van der Waals surface area contributed by atoms with Crippen molar-refractivity contribution in [3.05, 3.63) is 63.6 Å². The van der Waals surface area contributed by atoms with E-state index in [0.29, 0.717) is 17.4 Å². The summed E-state index contributed by atoms with van der Waals surface area (Å²) in [6, 6.07) is 10.2. The molecule has 27 heavy (non-hydrogen) atoms. The van der Waals surface area contributed by atoms with Gasteiger partial charge in [-0.05, 0) is 62.4 Å². The summed E-state index contributed by atoms with van der Waals surface area (Å²) in [7, 11) is 0. The number of aromatic nitrogens is 4. The number of hydrogen-bond donors (Lipinski definition) is 1. The van der Waals surface area contributed by atoms with Gasteiger partial charge in [0, 0.05) is 28.4 Å². The van der Waals surface area contributed by atoms with Crippen LogP contribution in [0.5, 0.6) is 0 Å². The Morgan fingerprint density at radius 1 is 1.26 bits per heavy atom. The summed E-state index contributed by atoms with van der Waals surface area (Å²) in [5.74, 6) is -0.532. The summed E-state index contributed by atoms with van der Waals surface area (Å²) in [4.78, 5) is 15.9. The lowest BCUT2D eigenvalue weighted by Gasteiger charge is -2.10. The summed E-state index contributed by atoms with van der Waals surface area (Å²) in [5, 5.41) is 18.8. The second-order valence-electron chi connectivity index (χ2n) is 6.31. The topological polar surface area (TPSA) is 86.6 Å². The number of carbonyl (C=O) groups excluding carboxylic acids is 1. The molecule has 0 aliphatic carbocycles. The monoisotopic (exact) mass is 381 g/mol. The van der Waals surface area contributed by atoms with Crippen molar-refractivity contribution in [3.63, 3.8) is 0 Å². The summed E-state index contributed by atoms with van der Waals surface area (Å²) >= 11 is 0.986. The van der Waals surface area contributed by atoms with Crippen molar-refractivity contribution >= 4 is 23.8 Å². The van der Waals surface area contributed by atoms with Crippen LogP contribution in [-0.4, -0.2) is 25.7 Å². The van der Waals surface area contributed by atoms with E-state index in [1.165, 1.54) is 5.56 Å². The van der Waals surface area contributed by atoms with Crippen LogP contribution in [0.25, 0.3) is 11.8 Å². The maximum absolute atomic E-state index is 11.6. The Hall–Kier alpha value is -2.80. The highest BCUT2D eigenvalue weighted by Gasteiger charge is 2.13. The van der Waals surface area contributed by atoms with Crippen LogP contribution >= 0.6 is 11.8 Å². The van der Waals surface area contributed by atoms with Gasteiger partial charge in [-0.3, -0.25) is 5.10 Å².